The highest BCUT2D eigenvalue weighted by Crippen LogP contribution is 2.23. The second-order valence-electron chi connectivity index (χ2n) is 4.69. The first kappa shape index (κ1) is 12.7. The minimum absolute atomic E-state index is 0.238. The molecule has 0 heterocycles. The smallest absolute Gasteiger partial charge is 0.122 e. The molecule has 0 aliphatic rings. The van der Waals surface area contributed by atoms with Crippen LogP contribution in [-0.2, 0) is 5.60 Å². The molecule has 0 saturated heterocycles. The fourth-order valence-electron chi connectivity index (χ4n) is 1.82. The highest BCUT2D eigenvalue weighted by atomic mass is 16.5. The van der Waals surface area contributed by atoms with Crippen LogP contribution in [0.15, 0.2) is 54.6 Å². The summed E-state index contributed by atoms with van der Waals surface area (Å²) in [5.41, 5.74) is 0.948. The quantitative estimate of drug-likeness (QED) is 0.891. The summed E-state index contributed by atoms with van der Waals surface area (Å²) in [5, 5.41) is 10.4. The summed E-state index contributed by atoms with van der Waals surface area (Å²) in [7, 11) is 0. The van der Waals surface area contributed by atoms with Gasteiger partial charge in [0.05, 0.1) is 0 Å². The lowest BCUT2D eigenvalue weighted by molar-refractivity contribution is 0.00740. The molecule has 2 heteroatoms. The van der Waals surface area contributed by atoms with Gasteiger partial charge in [-0.2, -0.15) is 0 Å². The number of aryl methyl sites for hydroxylation is 1. The molecule has 2 aromatic rings. The predicted octanol–water partition coefficient (Wildman–Crippen LogP) is 3.28. The van der Waals surface area contributed by atoms with Gasteiger partial charge in [0.2, 0.25) is 0 Å². The number of aliphatic hydroxyl groups is 1. The van der Waals surface area contributed by atoms with Crippen molar-refractivity contribution in [3.05, 3.63) is 65.7 Å². The molecule has 94 valence electrons. The van der Waals surface area contributed by atoms with Crippen LogP contribution in [0.1, 0.15) is 18.1 Å². The standard InChI is InChI=1S/C16H18O2/c1-13-8-6-7-11-15(13)18-12-16(2,17)14-9-4-3-5-10-14/h3-11,17H,12H2,1-2H3. The van der Waals surface area contributed by atoms with E-state index in [0.29, 0.717) is 0 Å². The molecule has 1 N–H and O–H groups in total. The van der Waals surface area contributed by atoms with Crippen molar-refractivity contribution in [1.82, 2.24) is 0 Å². The average molecular weight is 242 g/mol. The van der Waals surface area contributed by atoms with Crippen molar-refractivity contribution >= 4 is 0 Å². The van der Waals surface area contributed by atoms with Crippen LogP contribution in [0.3, 0.4) is 0 Å². The Labute approximate surface area is 108 Å². The van der Waals surface area contributed by atoms with Gasteiger partial charge in [0.15, 0.2) is 0 Å². The van der Waals surface area contributed by atoms with E-state index in [9.17, 15) is 5.11 Å². The molecule has 18 heavy (non-hydrogen) atoms. The Morgan fingerprint density at radius 2 is 1.61 bits per heavy atom. The summed E-state index contributed by atoms with van der Waals surface area (Å²) in [6.45, 7) is 4.00. The van der Waals surface area contributed by atoms with E-state index in [1.165, 1.54) is 0 Å². The van der Waals surface area contributed by atoms with Crippen molar-refractivity contribution < 1.29 is 9.84 Å². The lowest BCUT2D eigenvalue weighted by atomic mass is 9.97. The van der Waals surface area contributed by atoms with Gasteiger partial charge in [-0.05, 0) is 31.0 Å². The van der Waals surface area contributed by atoms with Gasteiger partial charge in [-0.15, -0.1) is 0 Å². The molecule has 0 spiro atoms. The molecule has 0 aromatic heterocycles. The van der Waals surface area contributed by atoms with Crippen LogP contribution in [0.5, 0.6) is 5.75 Å². The van der Waals surface area contributed by atoms with Crippen LogP contribution in [0.4, 0.5) is 0 Å². The van der Waals surface area contributed by atoms with E-state index in [0.717, 1.165) is 16.9 Å². The van der Waals surface area contributed by atoms with E-state index in [1.807, 2.05) is 61.5 Å². The summed E-state index contributed by atoms with van der Waals surface area (Å²) < 4.78 is 5.71. The zero-order valence-corrected chi connectivity index (χ0v) is 10.8. The number of hydrogen-bond acceptors (Lipinski definition) is 2. The summed E-state index contributed by atoms with van der Waals surface area (Å²) in [4.78, 5) is 0. The number of ether oxygens (including phenoxy) is 1. The minimum atomic E-state index is -0.983. The van der Waals surface area contributed by atoms with Crippen molar-refractivity contribution in [1.29, 1.82) is 0 Å². The zero-order valence-electron chi connectivity index (χ0n) is 10.8. The Morgan fingerprint density at radius 3 is 2.28 bits per heavy atom. The number of benzene rings is 2. The molecule has 0 aliphatic carbocycles. The van der Waals surface area contributed by atoms with Crippen LogP contribution in [0.2, 0.25) is 0 Å². The molecule has 2 nitrogen and oxygen atoms in total. The van der Waals surface area contributed by atoms with E-state index in [2.05, 4.69) is 0 Å². The maximum Gasteiger partial charge on any atom is 0.122 e. The molecule has 2 aromatic carbocycles. The van der Waals surface area contributed by atoms with Crippen molar-refractivity contribution in [3.63, 3.8) is 0 Å². The average Bonchev–Trinajstić information content (AvgIpc) is 2.39. The van der Waals surface area contributed by atoms with E-state index in [1.54, 1.807) is 6.92 Å². The van der Waals surface area contributed by atoms with Crippen LogP contribution in [0, 0.1) is 6.92 Å². The second-order valence-corrected chi connectivity index (χ2v) is 4.69. The largest absolute Gasteiger partial charge is 0.490 e. The van der Waals surface area contributed by atoms with Crippen LogP contribution in [-0.4, -0.2) is 11.7 Å². The molecular weight excluding hydrogens is 224 g/mol. The summed E-state index contributed by atoms with van der Waals surface area (Å²) in [6.07, 6.45) is 0. The number of hydrogen-bond donors (Lipinski definition) is 1. The first-order valence-electron chi connectivity index (χ1n) is 6.06. The van der Waals surface area contributed by atoms with E-state index in [-0.39, 0.29) is 6.61 Å². The second kappa shape index (κ2) is 5.23. The predicted molar refractivity (Wildman–Crippen MR) is 72.7 cm³/mol. The van der Waals surface area contributed by atoms with E-state index in [4.69, 9.17) is 4.74 Å². The first-order valence-corrected chi connectivity index (χ1v) is 6.06. The van der Waals surface area contributed by atoms with Gasteiger partial charge in [0.1, 0.15) is 18.0 Å². The van der Waals surface area contributed by atoms with Gasteiger partial charge in [0, 0.05) is 0 Å². The van der Waals surface area contributed by atoms with Gasteiger partial charge in [-0.25, -0.2) is 0 Å². The van der Waals surface area contributed by atoms with Crippen LogP contribution in [0.25, 0.3) is 0 Å². The SMILES string of the molecule is Cc1ccccc1OCC(C)(O)c1ccccc1. The highest BCUT2D eigenvalue weighted by molar-refractivity contribution is 5.32. The van der Waals surface area contributed by atoms with Crippen molar-refractivity contribution in [2.75, 3.05) is 6.61 Å². The van der Waals surface area contributed by atoms with E-state index >= 15 is 0 Å². The molecule has 0 fully saturated rings. The van der Waals surface area contributed by atoms with Crippen molar-refractivity contribution in [3.8, 4) is 5.75 Å². The fourth-order valence-corrected chi connectivity index (χ4v) is 1.82. The third kappa shape index (κ3) is 2.90. The Morgan fingerprint density at radius 1 is 1.00 bits per heavy atom. The molecule has 0 aliphatic heterocycles. The van der Waals surface area contributed by atoms with Crippen molar-refractivity contribution in [2.24, 2.45) is 0 Å². The first-order chi connectivity index (χ1) is 8.59. The summed E-state index contributed by atoms with van der Waals surface area (Å²) in [6, 6.07) is 17.4. The highest BCUT2D eigenvalue weighted by Gasteiger charge is 2.23. The summed E-state index contributed by atoms with van der Waals surface area (Å²) in [5.74, 6) is 0.814. The van der Waals surface area contributed by atoms with Crippen molar-refractivity contribution in [2.45, 2.75) is 19.4 Å². The molecule has 1 unspecified atom stereocenters. The van der Waals surface area contributed by atoms with Gasteiger partial charge in [0.25, 0.3) is 0 Å². The van der Waals surface area contributed by atoms with Crippen LogP contribution < -0.4 is 4.74 Å². The van der Waals surface area contributed by atoms with Gasteiger partial charge < -0.3 is 9.84 Å². The molecular formula is C16H18O2. The van der Waals surface area contributed by atoms with Gasteiger partial charge >= 0.3 is 0 Å². The maximum atomic E-state index is 10.4. The zero-order chi connectivity index (χ0) is 13.0. The third-order valence-corrected chi connectivity index (χ3v) is 3.00. The monoisotopic (exact) mass is 242 g/mol. The molecule has 0 amide bonds. The molecule has 0 radical (unpaired) electrons. The molecule has 0 saturated carbocycles. The Hall–Kier alpha value is -1.80. The number of rotatable bonds is 4. The van der Waals surface area contributed by atoms with Crippen LogP contribution >= 0.6 is 0 Å². The lowest BCUT2D eigenvalue weighted by Crippen LogP contribution is -2.29. The lowest BCUT2D eigenvalue weighted by Gasteiger charge is -2.24. The topological polar surface area (TPSA) is 29.5 Å². The molecule has 2 rings (SSSR count). The molecule has 1 atom stereocenters. The van der Waals surface area contributed by atoms with Gasteiger partial charge in [-0.1, -0.05) is 48.5 Å². The Bertz CT molecular complexity index is 504. The minimum Gasteiger partial charge on any atom is -0.490 e. The fraction of sp³-hybridized carbons (Fsp3) is 0.250. The Balaban J connectivity index is 2.08. The van der Waals surface area contributed by atoms with E-state index < -0.39 is 5.60 Å². The Kier molecular flexibility index (Phi) is 3.68. The number of para-hydroxylation sites is 1. The molecule has 0 bridgehead atoms. The third-order valence-electron chi connectivity index (χ3n) is 3.00. The summed E-state index contributed by atoms with van der Waals surface area (Å²) >= 11 is 0. The van der Waals surface area contributed by atoms with Gasteiger partial charge in [-0.3, -0.25) is 0 Å². The maximum absolute atomic E-state index is 10.4. The normalized spacial score (nSPS) is 13.9.